The maximum atomic E-state index is 13.7. The molecule has 1 amide bonds. The van der Waals surface area contributed by atoms with Gasteiger partial charge in [-0.3, -0.25) is 4.90 Å². The Kier molecular flexibility index (Phi) is 8.26. The molecule has 0 fully saturated rings. The molecule has 2 aliphatic rings. The predicted molar refractivity (Wildman–Crippen MR) is 176 cm³/mol. The van der Waals surface area contributed by atoms with Gasteiger partial charge >= 0.3 is 12.1 Å². The maximum Gasteiger partial charge on any atom is 0.410 e. The summed E-state index contributed by atoms with van der Waals surface area (Å²) in [5.74, 6) is 0.214. The average Bonchev–Trinajstić information content (AvgIpc) is 3.42. The highest BCUT2D eigenvalue weighted by Gasteiger charge is 2.38. The molecular formula is C40H35NO5. The lowest BCUT2D eigenvalue weighted by Crippen LogP contribution is -2.49. The van der Waals surface area contributed by atoms with Gasteiger partial charge in [0.05, 0.1) is 6.54 Å². The lowest BCUT2D eigenvalue weighted by molar-refractivity contribution is -0.151. The molecule has 0 aromatic heterocycles. The van der Waals surface area contributed by atoms with Crippen molar-refractivity contribution in [3.63, 3.8) is 0 Å². The van der Waals surface area contributed by atoms with Gasteiger partial charge in [0.15, 0.2) is 0 Å². The number of esters is 1. The van der Waals surface area contributed by atoms with Gasteiger partial charge in [-0.2, -0.15) is 0 Å². The van der Waals surface area contributed by atoms with Crippen LogP contribution in [0.15, 0.2) is 121 Å². The number of hydrogen-bond acceptors (Lipinski definition) is 5. The summed E-state index contributed by atoms with van der Waals surface area (Å²) in [7, 11) is 0. The Labute approximate surface area is 269 Å². The Morgan fingerprint density at radius 3 is 1.96 bits per heavy atom. The minimum atomic E-state index is -0.789. The molecule has 7 rings (SSSR count). The van der Waals surface area contributed by atoms with Crippen molar-refractivity contribution in [1.82, 2.24) is 4.90 Å². The topological polar surface area (TPSA) is 65.1 Å². The average molecular weight is 610 g/mol. The molecular weight excluding hydrogens is 574 g/mol. The van der Waals surface area contributed by atoms with Crippen LogP contribution in [0, 0.1) is 6.92 Å². The van der Waals surface area contributed by atoms with Crippen molar-refractivity contribution in [2.45, 2.75) is 45.1 Å². The minimum Gasteiger partial charge on any atom is -0.489 e. The van der Waals surface area contributed by atoms with Crippen LogP contribution in [0.25, 0.3) is 11.1 Å². The molecule has 5 aromatic carbocycles. The first kappa shape index (κ1) is 29.4. The Balaban J connectivity index is 1.01. The van der Waals surface area contributed by atoms with Gasteiger partial charge in [0.2, 0.25) is 0 Å². The SMILES string of the molecule is Cc1ccc(COc2ccc(COC(=O)[C@@H]3Cc4ccccc4CN3C(=O)OCC3c4ccccc4-c4ccccc43)cc2)cc1. The summed E-state index contributed by atoms with van der Waals surface area (Å²) in [4.78, 5) is 28.7. The number of fused-ring (bicyclic) bond motifs is 4. The molecule has 1 atom stereocenters. The zero-order valence-electron chi connectivity index (χ0n) is 25.7. The lowest BCUT2D eigenvalue weighted by Gasteiger charge is -2.34. The van der Waals surface area contributed by atoms with E-state index in [4.69, 9.17) is 14.2 Å². The fourth-order valence-electron chi connectivity index (χ4n) is 6.39. The van der Waals surface area contributed by atoms with E-state index in [0.29, 0.717) is 13.0 Å². The Morgan fingerprint density at radius 2 is 1.26 bits per heavy atom. The maximum absolute atomic E-state index is 13.7. The second-order valence-corrected chi connectivity index (χ2v) is 11.9. The Bertz CT molecular complexity index is 1820. The van der Waals surface area contributed by atoms with E-state index < -0.39 is 18.1 Å². The molecule has 0 radical (unpaired) electrons. The molecule has 0 N–H and O–H groups in total. The van der Waals surface area contributed by atoms with Crippen LogP contribution in [0.5, 0.6) is 5.75 Å². The van der Waals surface area contributed by atoms with Gasteiger partial charge in [0.25, 0.3) is 0 Å². The van der Waals surface area contributed by atoms with Crippen molar-refractivity contribution >= 4 is 12.1 Å². The summed E-state index contributed by atoms with van der Waals surface area (Å²) in [5, 5.41) is 0. The normalized spacial score (nSPS) is 15.0. The van der Waals surface area contributed by atoms with Crippen molar-refractivity contribution in [2.75, 3.05) is 6.61 Å². The largest absolute Gasteiger partial charge is 0.489 e. The van der Waals surface area contributed by atoms with Crippen LogP contribution in [0.3, 0.4) is 0 Å². The number of carbonyl (C=O) groups is 2. The molecule has 0 saturated heterocycles. The summed E-state index contributed by atoms with van der Waals surface area (Å²) in [6, 6.07) is 39.3. The number of nitrogens with zero attached hydrogens (tertiary/aromatic N) is 1. The second-order valence-electron chi connectivity index (χ2n) is 11.9. The fourth-order valence-corrected chi connectivity index (χ4v) is 6.39. The summed E-state index contributed by atoms with van der Waals surface area (Å²) in [6.45, 7) is 3.09. The zero-order valence-corrected chi connectivity index (χ0v) is 25.7. The van der Waals surface area contributed by atoms with E-state index in [0.717, 1.165) is 39.1 Å². The van der Waals surface area contributed by atoms with E-state index in [1.54, 1.807) is 0 Å². The third kappa shape index (κ3) is 6.11. The smallest absolute Gasteiger partial charge is 0.410 e. The highest BCUT2D eigenvalue weighted by molar-refractivity contribution is 5.83. The van der Waals surface area contributed by atoms with Crippen LogP contribution < -0.4 is 4.74 Å². The van der Waals surface area contributed by atoms with Crippen molar-refractivity contribution < 1.29 is 23.8 Å². The molecule has 0 spiro atoms. The third-order valence-electron chi connectivity index (χ3n) is 8.92. The van der Waals surface area contributed by atoms with Crippen LogP contribution in [0.4, 0.5) is 4.79 Å². The van der Waals surface area contributed by atoms with E-state index in [1.807, 2.05) is 72.8 Å². The van der Waals surface area contributed by atoms with Crippen LogP contribution in [0.1, 0.15) is 44.9 Å². The molecule has 230 valence electrons. The molecule has 6 nitrogen and oxygen atoms in total. The van der Waals surface area contributed by atoms with Gasteiger partial charge in [0.1, 0.15) is 31.6 Å². The number of hydrogen-bond donors (Lipinski definition) is 0. The van der Waals surface area contributed by atoms with Crippen LogP contribution in [-0.4, -0.2) is 29.6 Å². The van der Waals surface area contributed by atoms with Crippen LogP contribution in [0.2, 0.25) is 0 Å². The van der Waals surface area contributed by atoms with E-state index >= 15 is 0 Å². The van der Waals surface area contributed by atoms with Crippen molar-refractivity contribution in [1.29, 1.82) is 0 Å². The fraction of sp³-hybridized carbons (Fsp3) is 0.200. The van der Waals surface area contributed by atoms with E-state index in [9.17, 15) is 9.59 Å². The quantitative estimate of drug-likeness (QED) is 0.167. The molecule has 6 heteroatoms. The van der Waals surface area contributed by atoms with Gasteiger partial charge in [-0.15, -0.1) is 0 Å². The molecule has 46 heavy (non-hydrogen) atoms. The summed E-state index contributed by atoms with van der Waals surface area (Å²) in [5.41, 5.74) is 9.78. The molecule has 0 saturated carbocycles. The van der Waals surface area contributed by atoms with E-state index in [2.05, 4.69) is 55.5 Å². The molecule has 1 heterocycles. The first-order chi connectivity index (χ1) is 22.5. The first-order valence-corrected chi connectivity index (χ1v) is 15.7. The number of ether oxygens (including phenoxy) is 3. The number of amides is 1. The summed E-state index contributed by atoms with van der Waals surface area (Å²) < 4.78 is 17.7. The summed E-state index contributed by atoms with van der Waals surface area (Å²) in [6.07, 6.45) is -0.154. The van der Waals surface area contributed by atoms with E-state index in [-0.39, 0.29) is 25.7 Å². The van der Waals surface area contributed by atoms with Gasteiger partial charge in [0, 0.05) is 12.3 Å². The van der Waals surface area contributed by atoms with Gasteiger partial charge in [-0.25, -0.2) is 9.59 Å². The van der Waals surface area contributed by atoms with Crippen LogP contribution in [-0.2, 0) is 40.4 Å². The van der Waals surface area contributed by atoms with E-state index in [1.165, 1.54) is 21.6 Å². The first-order valence-electron chi connectivity index (χ1n) is 15.7. The zero-order chi connectivity index (χ0) is 31.5. The number of carbonyl (C=O) groups excluding carboxylic acids is 2. The molecule has 0 unspecified atom stereocenters. The third-order valence-corrected chi connectivity index (χ3v) is 8.92. The summed E-state index contributed by atoms with van der Waals surface area (Å²) >= 11 is 0. The van der Waals surface area contributed by atoms with Gasteiger partial charge in [-0.05, 0) is 63.6 Å². The molecule has 1 aliphatic heterocycles. The number of rotatable bonds is 8. The number of aryl methyl sites for hydroxylation is 1. The molecule has 0 bridgehead atoms. The highest BCUT2D eigenvalue weighted by Crippen LogP contribution is 2.44. The second kappa shape index (κ2) is 12.9. The monoisotopic (exact) mass is 609 g/mol. The van der Waals surface area contributed by atoms with Crippen molar-refractivity contribution in [3.8, 4) is 16.9 Å². The molecule has 5 aromatic rings. The highest BCUT2D eigenvalue weighted by atomic mass is 16.6. The van der Waals surface area contributed by atoms with Crippen LogP contribution >= 0.6 is 0 Å². The number of benzene rings is 5. The minimum absolute atomic E-state index is 0.0670. The lowest BCUT2D eigenvalue weighted by atomic mass is 9.94. The van der Waals surface area contributed by atoms with Gasteiger partial charge < -0.3 is 14.2 Å². The van der Waals surface area contributed by atoms with Gasteiger partial charge in [-0.1, -0.05) is 115 Å². The van der Waals surface area contributed by atoms with Crippen molar-refractivity contribution in [2.24, 2.45) is 0 Å². The standard InChI is InChI=1S/C40H35NO5/c1-27-14-16-28(17-15-27)24-44-32-20-18-29(19-21-32)25-45-39(42)38-22-30-8-2-3-9-31(30)23-41(38)40(43)46-26-37-35-12-6-4-10-33(35)34-11-5-7-13-36(34)37/h2-21,37-38H,22-26H2,1H3/t38-/m0/s1. The Hall–Kier alpha value is -5.36. The predicted octanol–water partition coefficient (Wildman–Crippen LogP) is 7.99. The Morgan fingerprint density at radius 1 is 0.674 bits per heavy atom. The molecule has 1 aliphatic carbocycles. The van der Waals surface area contributed by atoms with Crippen molar-refractivity contribution in [3.05, 3.63) is 160 Å².